The molecule has 4 rings (SSSR count). The number of carbonyl (C=O) groups excluding carboxylic acids is 2. The van der Waals surface area contributed by atoms with Crippen molar-refractivity contribution in [1.29, 1.82) is 0 Å². The van der Waals surface area contributed by atoms with Gasteiger partial charge in [0.05, 0.1) is 16.7 Å². The van der Waals surface area contributed by atoms with Crippen LogP contribution >= 0.6 is 11.6 Å². The lowest BCUT2D eigenvalue weighted by molar-refractivity contribution is -0.182. The molecule has 4 aromatic rings. The maximum atomic E-state index is 13.3. The number of carbonyl (C=O) groups is 2. The van der Waals surface area contributed by atoms with E-state index in [2.05, 4.69) is 14.9 Å². The highest BCUT2D eigenvalue weighted by atomic mass is 35.5. The summed E-state index contributed by atoms with van der Waals surface area (Å²) in [6.07, 6.45) is -8.13. The van der Waals surface area contributed by atoms with E-state index in [0.29, 0.717) is 28.3 Å². The largest absolute Gasteiger partial charge is 0.416 e. The molecule has 47 heavy (non-hydrogen) atoms. The average Bonchev–Trinajstić information content (AvgIpc) is 2.99. The lowest BCUT2D eigenvalue weighted by Gasteiger charge is -2.21. The minimum absolute atomic E-state index is 0.00951. The van der Waals surface area contributed by atoms with Crippen molar-refractivity contribution in [3.63, 3.8) is 0 Å². The number of rotatable bonds is 6. The van der Waals surface area contributed by atoms with Crippen molar-refractivity contribution in [2.24, 2.45) is 0 Å². The average molecular weight is 704 g/mol. The van der Waals surface area contributed by atoms with Crippen molar-refractivity contribution in [2.75, 3.05) is 13.3 Å². The van der Waals surface area contributed by atoms with Crippen LogP contribution in [0.3, 0.4) is 0 Å². The third-order valence-electron chi connectivity index (χ3n) is 6.29. The van der Waals surface area contributed by atoms with E-state index in [0.717, 1.165) is 24.4 Å². The number of sulfone groups is 1. The van der Waals surface area contributed by atoms with E-state index < -0.39 is 62.5 Å². The van der Waals surface area contributed by atoms with Crippen LogP contribution < -0.4 is 0 Å². The summed E-state index contributed by atoms with van der Waals surface area (Å²) in [6, 6.07) is 13.9. The predicted molar refractivity (Wildman–Crippen MR) is 157 cm³/mol. The van der Waals surface area contributed by atoms with Crippen LogP contribution in [-0.2, 0) is 33.6 Å². The zero-order valence-electron chi connectivity index (χ0n) is 24.5. The van der Waals surface area contributed by atoms with Crippen molar-refractivity contribution in [3.8, 4) is 11.1 Å². The highest BCUT2D eigenvalue weighted by Crippen LogP contribution is 2.37. The SMILES string of the molecule is Cc1ccccc1-c1cnc(S(C)(=O)=O)nc1C(=O)N(C)Cc1cc(C(F)(F)F)cc(C(F)(F)F)c1.O=C(OO)c1cccc(Cl)c1. The van der Waals surface area contributed by atoms with Crippen molar-refractivity contribution < 1.29 is 54.5 Å². The van der Waals surface area contributed by atoms with Crippen LogP contribution in [0.2, 0.25) is 5.02 Å². The summed E-state index contributed by atoms with van der Waals surface area (Å²) in [5.41, 5.74) is -2.28. The molecule has 0 atom stereocenters. The molecule has 3 aromatic carbocycles. The molecule has 0 spiro atoms. The molecule has 0 aliphatic heterocycles. The molecular formula is C30H24ClF6N3O6S. The van der Waals surface area contributed by atoms with Crippen molar-refractivity contribution in [2.45, 2.75) is 31.0 Å². The fourth-order valence-electron chi connectivity index (χ4n) is 4.08. The third-order valence-corrected chi connectivity index (χ3v) is 7.39. The van der Waals surface area contributed by atoms with Gasteiger partial charge in [0.25, 0.3) is 5.91 Å². The Kier molecular flexibility index (Phi) is 11.4. The topological polar surface area (TPSA) is 127 Å². The van der Waals surface area contributed by atoms with Crippen LogP contribution in [-0.4, -0.2) is 53.7 Å². The number of aromatic nitrogens is 2. The number of alkyl halides is 6. The lowest BCUT2D eigenvalue weighted by Crippen LogP contribution is -2.29. The van der Waals surface area contributed by atoms with E-state index in [1.54, 1.807) is 43.3 Å². The first-order valence-electron chi connectivity index (χ1n) is 13.0. The minimum Gasteiger partial charge on any atom is -0.336 e. The van der Waals surface area contributed by atoms with E-state index in [-0.39, 0.29) is 22.9 Å². The van der Waals surface area contributed by atoms with E-state index in [9.17, 15) is 44.3 Å². The van der Waals surface area contributed by atoms with Gasteiger partial charge >= 0.3 is 18.3 Å². The second-order valence-electron chi connectivity index (χ2n) is 9.97. The molecule has 0 bridgehead atoms. The van der Waals surface area contributed by atoms with Crippen LogP contribution in [0.25, 0.3) is 11.1 Å². The van der Waals surface area contributed by atoms with Crippen LogP contribution in [0, 0.1) is 6.92 Å². The molecule has 1 N–H and O–H groups in total. The molecule has 0 aliphatic rings. The number of nitrogens with zero attached hydrogens (tertiary/aromatic N) is 3. The number of halogens is 7. The van der Waals surface area contributed by atoms with E-state index in [1.807, 2.05) is 0 Å². The predicted octanol–water partition coefficient (Wildman–Crippen LogP) is 7.14. The number of benzene rings is 3. The van der Waals surface area contributed by atoms with Crippen LogP contribution in [0.1, 0.15) is 43.1 Å². The van der Waals surface area contributed by atoms with Gasteiger partial charge in [0.15, 0.2) is 0 Å². The van der Waals surface area contributed by atoms with Gasteiger partial charge in [0.2, 0.25) is 15.0 Å². The summed E-state index contributed by atoms with van der Waals surface area (Å²) in [5, 5.41) is 7.75. The second kappa shape index (κ2) is 14.5. The summed E-state index contributed by atoms with van der Waals surface area (Å²) >= 11 is 5.56. The number of hydrogen-bond acceptors (Lipinski definition) is 8. The van der Waals surface area contributed by atoms with E-state index >= 15 is 0 Å². The highest BCUT2D eigenvalue weighted by molar-refractivity contribution is 7.90. The summed E-state index contributed by atoms with van der Waals surface area (Å²) < 4.78 is 103. The van der Waals surface area contributed by atoms with Crippen molar-refractivity contribution >= 4 is 33.3 Å². The second-order valence-corrected chi connectivity index (χ2v) is 12.3. The molecule has 0 fully saturated rings. The zero-order chi connectivity index (χ0) is 35.3. The first-order chi connectivity index (χ1) is 21.7. The Balaban J connectivity index is 0.000000461. The van der Waals surface area contributed by atoms with Gasteiger partial charge < -0.3 is 4.90 Å². The third kappa shape index (κ3) is 9.73. The highest BCUT2D eigenvalue weighted by Gasteiger charge is 2.37. The molecular weight excluding hydrogens is 680 g/mol. The van der Waals surface area contributed by atoms with Crippen LogP contribution in [0.4, 0.5) is 26.3 Å². The summed E-state index contributed by atoms with van der Waals surface area (Å²) in [7, 11) is -2.79. The smallest absolute Gasteiger partial charge is 0.336 e. The Labute approximate surface area is 269 Å². The van der Waals surface area contributed by atoms with Gasteiger partial charge in [-0.25, -0.2) is 23.2 Å². The maximum absolute atomic E-state index is 13.3. The van der Waals surface area contributed by atoms with Gasteiger partial charge in [0, 0.05) is 36.6 Å². The first kappa shape index (κ1) is 36.9. The van der Waals surface area contributed by atoms with Gasteiger partial charge in [-0.05, 0) is 60.0 Å². The maximum Gasteiger partial charge on any atom is 0.416 e. The monoisotopic (exact) mass is 703 g/mol. The normalized spacial score (nSPS) is 11.7. The van der Waals surface area contributed by atoms with Crippen LogP contribution in [0.15, 0.2) is 78.1 Å². The molecule has 0 unspecified atom stereocenters. The Morgan fingerprint density at radius 1 is 0.915 bits per heavy atom. The van der Waals surface area contributed by atoms with E-state index in [1.165, 1.54) is 12.1 Å². The standard InChI is InChI=1S/C23H19F6N3O3S.C7H5ClO3/c1-13-6-4-5-7-17(13)18-11-30-21(36(3,34)35)31-19(18)20(33)32(2)12-14-8-15(22(24,25)26)10-16(9-14)23(27,28)29;8-6-3-1-2-5(4-6)7(9)11-10/h4-11H,12H2,1-3H3;1-4,10H. The molecule has 9 nitrogen and oxygen atoms in total. The Hall–Kier alpha value is -4.54. The van der Waals surface area contributed by atoms with Crippen LogP contribution in [0.5, 0.6) is 0 Å². The molecule has 0 aliphatic carbocycles. The molecule has 0 saturated carbocycles. The molecule has 1 aromatic heterocycles. The summed E-state index contributed by atoms with van der Waals surface area (Å²) in [4.78, 5) is 36.0. The molecule has 1 amide bonds. The summed E-state index contributed by atoms with van der Waals surface area (Å²) in [5.74, 6) is -1.74. The van der Waals surface area contributed by atoms with E-state index in [4.69, 9.17) is 16.9 Å². The zero-order valence-corrected chi connectivity index (χ0v) is 26.1. The minimum atomic E-state index is -5.05. The molecule has 250 valence electrons. The van der Waals surface area contributed by atoms with Gasteiger partial charge in [-0.15, -0.1) is 0 Å². The van der Waals surface area contributed by atoms with Gasteiger partial charge in [0.1, 0.15) is 5.69 Å². The molecule has 0 radical (unpaired) electrons. The Morgan fingerprint density at radius 3 is 2.02 bits per heavy atom. The Bertz CT molecular complexity index is 1870. The van der Waals surface area contributed by atoms with Gasteiger partial charge in [-0.3, -0.25) is 9.68 Å². The lowest BCUT2D eigenvalue weighted by atomic mass is 10.00. The Morgan fingerprint density at radius 2 is 1.51 bits per heavy atom. The van der Waals surface area contributed by atoms with Crippen molar-refractivity contribution in [3.05, 3.63) is 111 Å². The molecule has 0 saturated heterocycles. The number of amides is 1. The fraction of sp³-hybridized carbons (Fsp3) is 0.200. The first-order valence-corrected chi connectivity index (χ1v) is 15.3. The van der Waals surface area contributed by atoms with Gasteiger partial charge in [-0.1, -0.05) is 41.9 Å². The molecule has 17 heteroatoms. The molecule has 1 heterocycles. The quantitative estimate of drug-likeness (QED) is 0.0973. The number of hydrogen-bond donors (Lipinski definition) is 1. The fourth-order valence-corrected chi connectivity index (χ4v) is 4.78. The summed E-state index contributed by atoms with van der Waals surface area (Å²) in [6.45, 7) is 1.08. The van der Waals surface area contributed by atoms with Crippen molar-refractivity contribution in [1.82, 2.24) is 14.9 Å². The van der Waals surface area contributed by atoms with Gasteiger partial charge in [-0.2, -0.15) is 31.6 Å². The number of aryl methyl sites for hydroxylation is 1.